The maximum Gasteiger partial charge on any atom is 4.00 e. The van der Waals surface area contributed by atoms with E-state index in [1.165, 1.54) is 33.4 Å². The van der Waals surface area contributed by atoms with E-state index in [1.807, 2.05) is 60.7 Å². The minimum Gasteiger partial charge on any atom is -0.418 e. The van der Waals surface area contributed by atoms with E-state index in [-0.39, 0.29) is 21.7 Å². The van der Waals surface area contributed by atoms with E-state index in [1.54, 1.807) is 36.9 Å². The third-order valence-corrected chi connectivity index (χ3v) is 4.58. The first-order valence-corrected chi connectivity index (χ1v) is 10.9. The van der Waals surface area contributed by atoms with Gasteiger partial charge in [-0.1, -0.05) is 0 Å². The molecule has 0 aliphatic carbocycles. The Morgan fingerprint density at radius 1 is 0.568 bits per heavy atom. The Morgan fingerprint density at radius 3 is 1.19 bits per heavy atom. The van der Waals surface area contributed by atoms with Crippen LogP contribution in [-0.2, 0) is 21.7 Å². The van der Waals surface area contributed by atoms with Crippen LogP contribution in [0.4, 0.5) is 17.6 Å². The zero-order valence-corrected chi connectivity index (χ0v) is 21.2. The zero-order chi connectivity index (χ0) is 25.6. The fourth-order valence-electron chi connectivity index (χ4n) is 2.90. The largest absolute Gasteiger partial charge is 4.00 e. The van der Waals surface area contributed by atoms with Crippen LogP contribution < -0.4 is 0 Å². The van der Waals surface area contributed by atoms with Gasteiger partial charge in [-0.15, -0.1) is 24.8 Å². The molecular weight excluding hydrogens is 512 g/mol. The van der Waals surface area contributed by atoms with Crippen molar-refractivity contribution in [1.29, 1.82) is 0 Å². The van der Waals surface area contributed by atoms with E-state index in [9.17, 15) is 17.6 Å². The molecule has 0 bridgehead atoms. The van der Waals surface area contributed by atoms with Crippen LogP contribution in [0.2, 0.25) is 0 Å². The Morgan fingerprint density at radius 2 is 0.946 bits per heavy atom. The maximum atomic E-state index is 13.1. The van der Waals surface area contributed by atoms with Crippen molar-refractivity contribution in [2.24, 2.45) is 0 Å². The van der Waals surface area contributed by atoms with E-state index in [0.717, 1.165) is 12.1 Å². The number of hydrogen-bond acceptors (Lipinski definition) is 0. The minimum absolute atomic E-state index is 0. The third-order valence-electron chi connectivity index (χ3n) is 4.58. The van der Waals surface area contributed by atoms with Crippen molar-refractivity contribution in [3.63, 3.8) is 0 Å². The topological polar surface area (TPSA) is 9.86 Å². The Hall–Kier alpha value is -3.87. The third kappa shape index (κ3) is 9.96. The fourth-order valence-corrected chi connectivity index (χ4v) is 2.90. The summed E-state index contributed by atoms with van der Waals surface area (Å²) in [6, 6.07) is 35.8. The molecule has 0 fully saturated rings. The number of rotatable bonds is 2. The second kappa shape index (κ2) is 16.0. The smallest absolute Gasteiger partial charge is 0.418 e. The molecule has 0 saturated carbocycles. The normalized spacial score (nSPS) is 9.41. The molecule has 0 aliphatic heterocycles. The van der Waals surface area contributed by atoms with Crippen LogP contribution in [0.5, 0.6) is 0 Å². The number of nitrogens with zero attached hydrogens (tertiary/aromatic N) is 2. The van der Waals surface area contributed by atoms with Crippen molar-refractivity contribution < 1.29 is 39.3 Å². The molecule has 37 heavy (non-hydrogen) atoms. The number of halogens is 4. The van der Waals surface area contributed by atoms with E-state index in [2.05, 4.69) is 12.1 Å². The molecule has 0 atom stereocenters. The van der Waals surface area contributed by atoms with Crippen molar-refractivity contribution >= 4 is 0 Å². The van der Waals surface area contributed by atoms with Gasteiger partial charge in [-0.3, -0.25) is 0 Å². The van der Waals surface area contributed by atoms with Gasteiger partial charge < -0.3 is 9.13 Å². The molecule has 6 rings (SSSR count). The summed E-state index contributed by atoms with van der Waals surface area (Å²) in [6.07, 6.45) is 6.46. The Labute approximate surface area is 228 Å². The van der Waals surface area contributed by atoms with Crippen LogP contribution in [0.25, 0.3) is 11.4 Å². The van der Waals surface area contributed by atoms with Crippen molar-refractivity contribution in [3.05, 3.63) is 169 Å². The van der Waals surface area contributed by atoms with Crippen LogP contribution in [0, 0.1) is 35.4 Å². The van der Waals surface area contributed by atoms with Gasteiger partial charge in [0.2, 0.25) is 0 Å². The number of aromatic nitrogens is 2. The molecule has 2 heterocycles. The van der Waals surface area contributed by atoms with Gasteiger partial charge in [0, 0.05) is 12.1 Å². The molecule has 0 saturated heterocycles. The molecule has 0 radical (unpaired) electrons. The van der Waals surface area contributed by atoms with Gasteiger partial charge >= 0.3 is 21.7 Å². The molecule has 0 unspecified atom stereocenters. The van der Waals surface area contributed by atoms with Crippen molar-refractivity contribution in [2.45, 2.75) is 0 Å². The van der Waals surface area contributed by atoms with Crippen LogP contribution in [0.15, 0.2) is 134 Å². The molecule has 0 N–H and O–H groups in total. The number of benzene rings is 2. The van der Waals surface area contributed by atoms with Gasteiger partial charge in [0.25, 0.3) is 0 Å². The van der Waals surface area contributed by atoms with E-state index in [4.69, 9.17) is 0 Å². The molecule has 2 nitrogen and oxygen atoms in total. The van der Waals surface area contributed by atoms with Crippen LogP contribution in [-0.4, -0.2) is 9.13 Å². The van der Waals surface area contributed by atoms with Gasteiger partial charge in [-0.05, 0) is 24.3 Å². The summed E-state index contributed by atoms with van der Waals surface area (Å²) < 4.78 is 54.4. The second-order valence-corrected chi connectivity index (χ2v) is 7.15. The summed E-state index contributed by atoms with van der Waals surface area (Å²) in [5.74, 6) is -2.30. The zero-order valence-electron chi connectivity index (χ0n) is 19.6. The van der Waals surface area contributed by atoms with Gasteiger partial charge in [-0.25, -0.2) is 66.1 Å². The average Bonchev–Trinajstić information content (AvgIpc) is 3.69. The Bertz CT molecular complexity index is 1220. The summed E-state index contributed by atoms with van der Waals surface area (Å²) in [5, 5.41) is 0. The van der Waals surface area contributed by atoms with Crippen molar-refractivity contribution in [3.8, 4) is 11.4 Å². The summed E-state index contributed by atoms with van der Waals surface area (Å²) in [6.45, 7) is 0. The van der Waals surface area contributed by atoms with Crippen LogP contribution in [0.1, 0.15) is 0 Å². The molecule has 7 heteroatoms. The molecule has 184 valence electrons. The summed E-state index contributed by atoms with van der Waals surface area (Å²) in [4.78, 5) is 0. The predicted molar refractivity (Wildman–Crippen MR) is 133 cm³/mol. The first-order chi connectivity index (χ1) is 17.5. The van der Waals surface area contributed by atoms with Gasteiger partial charge in [0.1, 0.15) is 23.3 Å². The molecular formula is C30H22F4N2Ti. The molecule has 2 aromatic heterocycles. The van der Waals surface area contributed by atoms with E-state index < -0.39 is 23.3 Å². The SMILES string of the molecule is Fc1ccc(-n2c[c-]cc2)c(F)c1.Fc1ccc(-n2c[c-]cc2)c(F)c1.[Ti+4].c1cc[cH-]c1.c1cc[cH-]c1. The van der Waals surface area contributed by atoms with E-state index >= 15 is 0 Å². The van der Waals surface area contributed by atoms with Gasteiger partial charge in [0.05, 0.1) is 11.4 Å². The fraction of sp³-hybridized carbons (Fsp3) is 0. The quantitative estimate of drug-likeness (QED) is 0.121. The molecule has 6 aromatic rings. The standard InChI is InChI=1S/2C10H6F2N.2C5H5.Ti/c2*11-8-3-4-10(9(12)7-8)13-5-1-2-6-13;2*1-2-4-5-3-1;/h2*1,3-7H;2*1-5H;/q4*-1;+4. The first-order valence-electron chi connectivity index (χ1n) is 10.9. The summed E-state index contributed by atoms with van der Waals surface area (Å²) in [5.41, 5.74) is 0.644. The van der Waals surface area contributed by atoms with Crippen molar-refractivity contribution in [1.82, 2.24) is 9.13 Å². The molecule has 0 spiro atoms. The number of hydrogen-bond donors (Lipinski definition) is 0. The van der Waals surface area contributed by atoms with Crippen LogP contribution in [0.3, 0.4) is 0 Å². The van der Waals surface area contributed by atoms with Crippen LogP contribution >= 0.6 is 0 Å². The minimum atomic E-state index is -0.579. The first kappa shape index (κ1) is 29.4. The summed E-state index contributed by atoms with van der Waals surface area (Å²) >= 11 is 0. The van der Waals surface area contributed by atoms with E-state index in [0.29, 0.717) is 11.4 Å². The monoisotopic (exact) mass is 534 g/mol. The van der Waals surface area contributed by atoms with Gasteiger partial charge in [0.15, 0.2) is 0 Å². The molecule has 4 aromatic carbocycles. The Balaban J connectivity index is 0.000000187. The Kier molecular flexibility index (Phi) is 12.7. The molecule has 0 amide bonds. The molecule has 0 aliphatic rings. The predicted octanol–water partition coefficient (Wildman–Crippen LogP) is 7.92. The second-order valence-electron chi connectivity index (χ2n) is 7.15. The average molecular weight is 534 g/mol. The maximum absolute atomic E-state index is 13.1. The van der Waals surface area contributed by atoms with Gasteiger partial charge in [-0.2, -0.15) is 36.4 Å². The summed E-state index contributed by atoms with van der Waals surface area (Å²) in [7, 11) is 0. The van der Waals surface area contributed by atoms with Crippen molar-refractivity contribution in [2.75, 3.05) is 0 Å².